The van der Waals surface area contributed by atoms with Crippen molar-refractivity contribution in [3.8, 4) is 0 Å². The van der Waals surface area contributed by atoms with Gasteiger partial charge in [0.2, 0.25) is 11.8 Å². The highest BCUT2D eigenvalue weighted by Gasteiger charge is 2.18. The van der Waals surface area contributed by atoms with E-state index in [4.69, 9.17) is 10.8 Å². The summed E-state index contributed by atoms with van der Waals surface area (Å²) < 4.78 is 0. The Bertz CT molecular complexity index is 531. The number of nitrogens with zero attached hydrogens (tertiary/aromatic N) is 1. The van der Waals surface area contributed by atoms with Crippen molar-refractivity contribution >= 4 is 23.5 Å². The molecule has 0 unspecified atom stereocenters. The van der Waals surface area contributed by atoms with E-state index in [1.165, 1.54) is 4.90 Å². The molecular formula is C14H19N3O4. The molecule has 7 heteroatoms. The second-order valence-corrected chi connectivity index (χ2v) is 4.46. The third-order valence-electron chi connectivity index (χ3n) is 2.88. The molecule has 0 aliphatic heterocycles. The Morgan fingerprint density at radius 1 is 1.29 bits per heavy atom. The van der Waals surface area contributed by atoms with Gasteiger partial charge in [0.05, 0.1) is 19.5 Å². The van der Waals surface area contributed by atoms with E-state index in [1.54, 1.807) is 12.1 Å². The Balaban J connectivity index is 2.86. The van der Waals surface area contributed by atoms with Crippen LogP contribution in [0.15, 0.2) is 24.3 Å². The molecule has 7 nitrogen and oxygen atoms in total. The predicted octanol–water partition coefficient (Wildman–Crippen LogP) is -0.122. The van der Waals surface area contributed by atoms with Crippen molar-refractivity contribution in [3.63, 3.8) is 0 Å². The maximum Gasteiger partial charge on any atom is 0.305 e. The molecule has 0 bridgehead atoms. The zero-order valence-corrected chi connectivity index (χ0v) is 11.8. The number of aryl methyl sites for hydroxylation is 1. The summed E-state index contributed by atoms with van der Waals surface area (Å²) in [7, 11) is 0. The number of hydrogen-bond donors (Lipinski definition) is 3. The summed E-state index contributed by atoms with van der Waals surface area (Å²) in [6.07, 6.45) is -0.176. The summed E-state index contributed by atoms with van der Waals surface area (Å²) >= 11 is 0. The lowest BCUT2D eigenvalue weighted by Gasteiger charge is -2.24. The number of nitrogens with two attached hydrogens (primary N) is 1. The molecule has 1 rings (SSSR count). The molecule has 21 heavy (non-hydrogen) atoms. The van der Waals surface area contributed by atoms with Crippen LogP contribution in [0.4, 0.5) is 5.69 Å². The number of nitrogens with one attached hydrogen (secondary N) is 1. The van der Waals surface area contributed by atoms with E-state index in [-0.39, 0.29) is 32.0 Å². The van der Waals surface area contributed by atoms with Crippen LogP contribution in [0.1, 0.15) is 12.0 Å². The molecule has 0 spiro atoms. The van der Waals surface area contributed by atoms with Gasteiger partial charge in [-0.15, -0.1) is 0 Å². The second-order valence-electron chi connectivity index (χ2n) is 4.46. The molecule has 0 aliphatic rings. The largest absolute Gasteiger partial charge is 0.481 e. The minimum Gasteiger partial charge on any atom is -0.481 e. The van der Waals surface area contributed by atoms with Gasteiger partial charge in [0.1, 0.15) is 0 Å². The highest BCUT2D eigenvalue weighted by atomic mass is 16.4. The normalized spacial score (nSPS) is 10.0. The van der Waals surface area contributed by atoms with E-state index in [0.717, 1.165) is 5.56 Å². The molecule has 4 N–H and O–H groups in total. The van der Waals surface area contributed by atoms with Crippen molar-refractivity contribution in [2.24, 2.45) is 5.73 Å². The molecule has 1 aromatic rings. The Hall–Kier alpha value is -2.41. The summed E-state index contributed by atoms with van der Waals surface area (Å²) in [6, 6.07) is 7.16. The Labute approximate surface area is 122 Å². The van der Waals surface area contributed by atoms with E-state index < -0.39 is 11.9 Å². The van der Waals surface area contributed by atoms with Gasteiger partial charge in [0.15, 0.2) is 0 Å². The van der Waals surface area contributed by atoms with Gasteiger partial charge in [-0.3, -0.25) is 14.4 Å². The average molecular weight is 293 g/mol. The Morgan fingerprint density at radius 3 is 2.52 bits per heavy atom. The second kappa shape index (κ2) is 8.01. The molecule has 0 aromatic heterocycles. The van der Waals surface area contributed by atoms with E-state index in [2.05, 4.69) is 5.32 Å². The van der Waals surface area contributed by atoms with Crippen LogP contribution in [-0.4, -0.2) is 42.5 Å². The Kier molecular flexibility index (Phi) is 6.35. The topological polar surface area (TPSA) is 113 Å². The molecule has 0 saturated carbocycles. The molecule has 0 heterocycles. The van der Waals surface area contributed by atoms with Gasteiger partial charge in [-0.2, -0.15) is 0 Å². The molecule has 2 amide bonds. The number of rotatable bonds is 7. The van der Waals surface area contributed by atoms with Crippen LogP contribution in [-0.2, 0) is 14.4 Å². The van der Waals surface area contributed by atoms with Crippen molar-refractivity contribution in [2.45, 2.75) is 13.3 Å². The summed E-state index contributed by atoms with van der Waals surface area (Å²) in [5, 5.41) is 11.2. The first kappa shape index (κ1) is 16.6. The van der Waals surface area contributed by atoms with Crippen molar-refractivity contribution in [3.05, 3.63) is 29.8 Å². The number of benzene rings is 1. The fraction of sp³-hybridized carbons (Fsp3) is 0.357. The molecule has 0 saturated heterocycles. The maximum atomic E-state index is 12.2. The van der Waals surface area contributed by atoms with Crippen molar-refractivity contribution in [1.29, 1.82) is 0 Å². The van der Waals surface area contributed by atoms with Crippen molar-refractivity contribution < 1.29 is 19.5 Å². The molecular weight excluding hydrogens is 274 g/mol. The lowest BCUT2D eigenvalue weighted by Crippen LogP contribution is -2.43. The van der Waals surface area contributed by atoms with Crippen LogP contribution >= 0.6 is 0 Å². The Morgan fingerprint density at radius 2 is 1.95 bits per heavy atom. The van der Waals surface area contributed by atoms with Crippen LogP contribution in [0.3, 0.4) is 0 Å². The number of carbonyl (C=O) groups excluding carboxylic acids is 2. The smallest absolute Gasteiger partial charge is 0.305 e. The maximum absolute atomic E-state index is 12.2. The standard InChI is InChI=1S/C14H19N3O4/c1-10-4-2-3-5-11(10)17(7-6-14(20)21)13(19)9-16-12(18)8-15/h2-5H,6-9,15H2,1H3,(H,16,18)(H,20,21). The first-order valence-corrected chi connectivity index (χ1v) is 6.50. The molecule has 1 aromatic carbocycles. The van der Waals surface area contributed by atoms with Crippen molar-refractivity contribution in [1.82, 2.24) is 5.32 Å². The molecule has 0 aliphatic carbocycles. The van der Waals surface area contributed by atoms with Gasteiger partial charge in [-0.05, 0) is 18.6 Å². The highest BCUT2D eigenvalue weighted by molar-refractivity contribution is 5.97. The van der Waals surface area contributed by atoms with E-state index in [9.17, 15) is 14.4 Å². The van der Waals surface area contributed by atoms with Crippen molar-refractivity contribution in [2.75, 3.05) is 24.5 Å². The minimum absolute atomic E-state index is 0.0392. The zero-order chi connectivity index (χ0) is 15.8. The number of hydrogen-bond acceptors (Lipinski definition) is 4. The molecule has 0 fully saturated rings. The van der Waals surface area contributed by atoms with E-state index in [1.807, 2.05) is 19.1 Å². The quantitative estimate of drug-likeness (QED) is 0.648. The number of aliphatic carboxylic acids is 1. The molecule has 0 radical (unpaired) electrons. The average Bonchev–Trinajstić information content (AvgIpc) is 2.46. The first-order chi connectivity index (χ1) is 9.95. The van der Waals surface area contributed by atoms with E-state index in [0.29, 0.717) is 5.69 Å². The lowest BCUT2D eigenvalue weighted by atomic mass is 10.1. The van der Waals surface area contributed by atoms with Crippen LogP contribution in [0.2, 0.25) is 0 Å². The summed E-state index contributed by atoms with van der Waals surface area (Å²) in [6.45, 7) is 1.45. The highest BCUT2D eigenvalue weighted by Crippen LogP contribution is 2.19. The summed E-state index contributed by atoms with van der Waals surface area (Å²) in [4.78, 5) is 35.4. The zero-order valence-electron chi connectivity index (χ0n) is 11.8. The number of carbonyl (C=O) groups is 3. The lowest BCUT2D eigenvalue weighted by molar-refractivity contribution is -0.136. The van der Waals surface area contributed by atoms with Crippen LogP contribution < -0.4 is 16.0 Å². The third-order valence-corrected chi connectivity index (χ3v) is 2.88. The summed E-state index contributed by atoms with van der Waals surface area (Å²) in [5.74, 6) is -1.81. The van der Waals surface area contributed by atoms with Gasteiger partial charge in [0, 0.05) is 12.2 Å². The van der Waals surface area contributed by atoms with E-state index >= 15 is 0 Å². The van der Waals surface area contributed by atoms with Gasteiger partial charge in [0.25, 0.3) is 0 Å². The monoisotopic (exact) mass is 293 g/mol. The fourth-order valence-electron chi connectivity index (χ4n) is 1.80. The van der Waals surface area contributed by atoms with Gasteiger partial charge < -0.3 is 21.1 Å². The van der Waals surface area contributed by atoms with Gasteiger partial charge in [-0.1, -0.05) is 18.2 Å². The van der Waals surface area contributed by atoms with Gasteiger partial charge >= 0.3 is 5.97 Å². The predicted molar refractivity (Wildman–Crippen MR) is 77.8 cm³/mol. The number of carboxylic acids is 1. The fourth-order valence-corrected chi connectivity index (χ4v) is 1.80. The first-order valence-electron chi connectivity index (χ1n) is 6.50. The van der Waals surface area contributed by atoms with Crippen LogP contribution in [0.25, 0.3) is 0 Å². The SMILES string of the molecule is Cc1ccccc1N(CCC(=O)O)C(=O)CNC(=O)CN. The number of para-hydroxylation sites is 1. The van der Waals surface area contributed by atoms with Crippen LogP contribution in [0, 0.1) is 6.92 Å². The molecule has 0 atom stereocenters. The minimum atomic E-state index is -0.993. The van der Waals surface area contributed by atoms with Crippen LogP contribution in [0.5, 0.6) is 0 Å². The molecule has 114 valence electrons. The third kappa shape index (κ3) is 5.23. The summed E-state index contributed by atoms with van der Waals surface area (Å²) in [5.41, 5.74) is 6.63. The number of amides is 2. The number of carboxylic acid groups (broad SMARTS) is 1. The number of anilines is 1. The van der Waals surface area contributed by atoms with Gasteiger partial charge in [-0.25, -0.2) is 0 Å².